The summed E-state index contributed by atoms with van der Waals surface area (Å²) in [6, 6.07) is 8.15. The molecule has 0 spiro atoms. The molecule has 4 rings (SSSR count). The third-order valence-electron chi connectivity index (χ3n) is 5.31. The lowest BCUT2D eigenvalue weighted by atomic mass is 9.73. The zero-order valence-corrected chi connectivity index (χ0v) is 17.9. The van der Waals surface area contributed by atoms with Crippen LogP contribution in [0.5, 0.6) is 0 Å². The van der Waals surface area contributed by atoms with Gasteiger partial charge in [0.15, 0.2) is 5.78 Å². The Morgan fingerprint density at radius 1 is 1.25 bits per heavy atom. The number of Topliss-reactive ketones (excluding diaryl/α,β-unsaturated/α-hetero) is 1. The Balaban J connectivity index is 1.84. The molecule has 0 radical (unpaired) electrons. The quantitative estimate of drug-likeness (QED) is 0.783. The van der Waals surface area contributed by atoms with Crippen molar-refractivity contribution >= 4 is 29.2 Å². The van der Waals surface area contributed by atoms with E-state index in [0.717, 1.165) is 45.8 Å². The van der Waals surface area contributed by atoms with E-state index >= 15 is 0 Å². The molecule has 1 aromatic carbocycles. The summed E-state index contributed by atoms with van der Waals surface area (Å²) in [6.45, 7) is 6.38. The molecule has 7 heteroatoms. The number of fused-ring (bicyclic) bond motifs is 1. The van der Waals surface area contributed by atoms with Crippen molar-refractivity contribution in [1.82, 2.24) is 14.8 Å². The largest absolute Gasteiger partial charge is 0.378 e. The van der Waals surface area contributed by atoms with E-state index in [9.17, 15) is 4.79 Å². The van der Waals surface area contributed by atoms with Crippen LogP contribution in [0.3, 0.4) is 0 Å². The number of aromatic nitrogens is 3. The van der Waals surface area contributed by atoms with Crippen molar-refractivity contribution in [3.8, 4) is 0 Å². The lowest BCUT2D eigenvalue weighted by Crippen LogP contribution is -2.36. The molecular weight excluding hydrogens is 370 g/mol. The Hall–Kier alpha value is -2.28. The fraction of sp³-hybridized carbons (Fsp3) is 0.476. The molecule has 148 valence electrons. The summed E-state index contributed by atoms with van der Waals surface area (Å²) in [5, 5.41) is 8.89. The highest BCUT2D eigenvalue weighted by Crippen LogP contribution is 2.45. The molecule has 0 unspecified atom stereocenters. The number of hydrogen-bond donors (Lipinski definition) is 1. The first-order valence-corrected chi connectivity index (χ1v) is 10.7. The van der Waals surface area contributed by atoms with Gasteiger partial charge < -0.3 is 10.2 Å². The summed E-state index contributed by atoms with van der Waals surface area (Å²) in [6.07, 6.45) is 1.39. The summed E-state index contributed by atoms with van der Waals surface area (Å²) in [5.74, 6) is 1.83. The minimum atomic E-state index is -0.232. The Morgan fingerprint density at radius 3 is 2.61 bits per heavy atom. The van der Waals surface area contributed by atoms with Crippen LogP contribution >= 0.6 is 11.8 Å². The number of allylic oxidation sites excluding steroid dienone is 2. The van der Waals surface area contributed by atoms with Crippen LogP contribution in [0.15, 0.2) is 40.7 Å². The van der Waals surface area contributed by atoms with Gasteiger partial charge in [-0.2, -0.15) is 4.98 Å². The van der Waals surface area contributed by atoms with E-state index in [4.69, 9.17) is 5.10 Å². The van der Waals surface area contributed by atoms with Gasteiger partial charge in [-0.3, -0.25) is 4.79 Å². The van der Waals surface area contributed by atoms with Gasteiger partial charge in [0.2, 0.25) is 11.1 Å². The van der Waals surface area contributed by atoms with Crippen molar-refractivity contribution in [2.24, 2.45) is 5.41 Å². The number of hydrogen-bond acceptors (Lipinski definition) is 6. The van der Waals surface area contributed by atoms with Crippen LogP contribution in [0, 0.1) is 5.41 Å². The number of thioether (sulfide) groups is 1. The average molecular weight is 398 g/mol. The molecule has 2 aromatic rings. The highest BCUT2D eigenvalue weighted by molar-refractivity contribution is 7.99. The van der Waals surface area contributed by atoms with Crippen LogP contribution in [0.25, 0.3) is 0 Å². The fourth-order valence-corrected chi connectivity index (χ4v) is 4.60. The summed E-state index contributed by atoms with van der Waals surface area (Å²) >= 11 is 1.61. The van der Waals surface area contributed by atoms with Gasteiger partial charge in [-0.15, -0.1) is 5.10 Å². The maximum atomic E-state index is 13.2. The second kappa shape index (κ2) is 6.95. The Morgan fingerprint density at radius 2 is 1.96 bits per heavy atom. The van der Waals surface area contributed by atoms with Crippen LogP contribution in [-0.4, -0.2) is 40.4 Å². The first kappa shape index (κ1) is 19.1. The van der Waals surface area contributed by atoms with Crippen LogP contribution in [0.4, 0.5) is 11.6 Å². The maximum Gasteiger partial charge on any atom is 0.227 e. The Bertz CT molecular complexity index is 942. The van der Waals surface area contributed by atoms with Gasteiger partial charge >= 0.3 is 0 Å². The molecule has 6 nitrogen and oxygen atoms in total. The molecule has 0 bridgehead atoms. The number of carbonyl (C=O) groups is 1. The van der Waals surface area contributed by atoms with E-state index < -0.39 is 0 Å². The minimum Gasteiger partial charge on any atom is -0.378 e. The molecule has 0 saturated carbocycles. The van der Waals surface area contributed by atoms with Crippen molar-refractivity contribution in [3.63, 3.8) is 0 Å². The third-order valence-corrected chi connectivity index (χ3v) is 6.03. The van der Waals surface area contributed by atoms with Crippen molar-refractivity contribution in [3.05, 3.63) is 41.1 Å². The molecule has 1 atom stereocenters. The number of carbonyl (C=O) groups excluding carboxylic acids is 1. The minimum absolute atomic E-state index is 0.0502. The van der Waals surface area contributed by atoms with Gasteiger partial charge in [-0.05, 0) is 35.3 Å². The molecule has 0 saturated heterocycles. The molecule has 1 N–H and O–H groups in total. The number of ketones is 1. The molecule has 2 heterocycles. The Labute approximate surface area is 170 Å². The highest BCUT2D eigenvalue weighted by Gasteiger charge is 2.41. The van der Waals surface area contributed by atoms with E-state index in [0.29, 0.717) is 6.42 Å². The molecule has 0 fully saturated rings. The van der Waals surface area contributed by atoms with Gasteiger partial charge in [0.25, 0.3) is 0 Å². The summed E-state index contributed by atoms with van der Waals surface area (Å²) < 4.78 is 1.89. The summed E-state index contributed by atoms with van der Waals surface area (Å²) in [4.78, 5) is 19.9. The molecule has 1 aliphatic carbocycles. The molecule has 2 aliphatic rings. The lowest BCUT2D eigenvalue weighted by Gasteiger charge is -2.38. The predicted molar refractivity (Wildman–Crippen MR) is 114 cm³/mol. The normalized spacial score (nSPS) is 20.5. The summed E-state index contributed by atoms with van der Waals surface area (Å²) in [7, 11) is 4.05. The average Bonchev–Trinajstić information content (AvgIpc) is 3.01. The summed E-state index contributed by atoms with van der Waals surface area (Å²) in [5.41, 5.74) is 3.97. The van der Waals surface area contributed by atoms with Gasteiger partial charge in [-0.25, -0.2) is 4.68 Å². The van der Waals surface area contributed by atoms with Gasteiger partial charge in [0.05, 0.1) is 0 Å². The fourth-order valence-electron chi connectivity index (χ4n) is 4.04. The molecule has 1 aliphatic heterocycles. The van der Waals surface area contributed by atoms with Gasteiger partial charge in [-0.1, -0.05) is 44.7 Å². The van der Waals surface area contributed by atoms with E-state index in [1.54, 1.807) is 11.8 Å². The van der Waals surface area contributed by atoms with Gasteiger partial charge in [0.1, 0.15) is 6.04 Å². The zero-order chi connectivity index (χ0) is 20.1. The van der Waals surface area contributed by atoms with E-state index in [-0.39, 0.29) is 17.2 Å². The topological polar surface area (TPSA) is 63.1 Å². The van der Waals surface area contributed by atoms with Crippen LogP contribution < -0.4 is 10.2 Å². The molecule has 28 heavy (non-hydrogen) atoms. The molecular formula is C21H27N5OS. The van der Waals surface area contributed by atoms with Crippen molar-refractivity contribution in [2.45, 2.75) is 44.8 Å². The van der Waals surface area contributed by atoms with Gasteiger partial charge in [0, 0.05) is 37.5 Å². The lowest BCUT2D eigenvalue weighted by molar-refractivity contribution is -0.118. The number of nitrogens with zero attached hydrogens (tertiary/aromatic N) is 4. The van der Waals surface area contributed by atoms with E-state index in [2.05, 4.69) is 60.2 Å². The van der Waals surface area contributed by atoms with Crippen molar-refractivity contribution < 1.29 is 4.79 Å². The van der Waals surface area contributed by atoms with E-state index in [1.165, 1.54) is 0 Å². The molecule has 0 amide bonds. The monoisotopic (exact) mass is 397 g/mol. The maximum absolute atomic E-state index is 13.2. The number of rotatable bonds is 4. The standard InChI is InChI=1S/C21H27N5OS/c1-6-28-20-23-19-22-15-11-21(2,3)12-16(27)17(15)18(26(19)24-20)13-7-9-14(10-8-13)25(4)5/h7-10,18H,6,11-12H2,1-5H3,(H,22,23,24)/t18-/m1/s1. The van der Waals surface area contributed by atoms with Crippen LogP contribution in [0.1, 0.15) is 45.2 Å². The Kier molecular flexibility index (Phi) is 4.73. The first-order valence-electron chi connectivity index (χ1n) is 9.69. The highest BCUT2D eigenvalue weighted by atomic mass is 32.2. The van der Waals surface area contributed by atoms with Crippen molar-refractivity contribution in [2.75, 3.05) is 30.1 Å². The number of benzene rings is 1. The van der Waals surface area contributed by atoms with Crippen molar-refractivity contribution in [1.29, 1.82) is 0 Å². The predicted octanol–water partition coefficient (Wildman–Crippen LogP) is 4.11. The second-order valence-corrected chi connectivity index (χ2v) is 9.67. The number of nitrogens with one attached hydrogen (secondary N) is 1. The molecule has 1 aromatic heterocycles. The van der Waals surface area contributed by atoms with E-state index in [1.807, 2.05) is 18.8 Å². The zero-order valence-electron chi connectivity index (χ0n) is 17.1. The van der Waals surface area contributed by atoms with Crippen LogP contribution in [-0.2, 0) is 4.79 Å². The third kappa shape index (κ3) is 3.32. The first-order chi connectivity index (χ1) is 13.3. The SMILES string of the molecule is CCSc1nc2n(n1)[C@H](c1ccc(N(C)C)cc1)C1=C(CC(C)(C)CC1=O)N2. The smallest absolute Gasteiger partial charge is 0.227 e. The van der Waals surface area contributed by atoms with Crippen LogP contribution in [0.2, 0.25) is 0 Å². The number of anilines is 2. The second-order valence-electron chi connectivity index (χ2n) is 8.44.